The van der Waals surface area contributed by atoms with Gasteiger partial charge in [-0.3, -0.25) is 9.78 Å². The lowest BCUT2D eigenvalue weighted by molar-refractivity contribution is 1.04. The quantitative estimate of drug-likeness (QED) is 0.467. The van der Waals surface area contributed by atoms with Crippen LogP contribution in [-0.4, -0.2) is 9.97 Å². The molecule has 0 radical (unpaired) electrons. The largest absolute Gasteiger partial charge is 0.325 e. The fourth-order valence-corrected chi connectivity index (χ4v) is 0.383. The van der Waals surface area contributed by atoms with Crippen LogP contribution in [0.1, 0.15) is 0 Å². The third kappa shape index (κ3) is 2.24. The second kappa shape index (κ2) is 3.20. The van der Waals surface area contributed by atoms with Crippen molar-refractivity contribution in [3.63, 3.8) is 0 Å². The van der Waals surface area contributed by atoms with E-state index in [0.717, 1.165) is 0 Å². The average Bonchev–Trinajstić information content (AvgIpc) is 1.64. The highest BCUT2D eigenvalue weighted by atomic mass is 31.0. The van der Waals surface area contributed by atoms with E-state index in [2.05, 4.69) is 4.98 Å². The molecule has 0 saturated heterocycles. The highest BCUT2D eigenvalue weighted by Gasteiger charge is 1.77. The van der Waals surface area contributed by atoms with Crippen LogP contribution >= 0.6 is 9.90 Å². The van der Waals surface area contributed by atoms with Gasteiger partial charge in [-0.1, -0.05) is 0 Å². The van der Waals surface area contributed by atoms with Crippen molar-refractivity contribution in [1.29, 1.82) is 0 Å². The Hall–Kier alpha value is -0.890. The van der Waals surface area contributed by atoms with Crippen LogP contribution in [0.25, 0.3) is 0 Å². The summed E-state index contributed by atoms with van der Waals surface area (Å²) in [4.78, 5) is 24.7. The van der Waals surface area contributed by atoms with Crippen molar-refractivity contribution in [2.45, 2.75) is 0 Å². The van der Waals surface area contributed by atoms with Crippen molar-refractivity contribution in [2.75, 3.05) is 0 Å². The molecule has 0 fully saturated rings. The minimum Gasteiger partial charge on any atom is -0.314 e. The van der Waals surface area contributed by atoms with Gasteiger partial charge in [0.25, 0.3) is 5.56 Å². The van der Waals surface area contributed by atoms with Gasteiger partial charge in [-0.05, 0) is 0 Å². The van der Waals surface area contributed by atoms with Gasteiger partial charge in [-0.25, -0.2) is 4.79 Å². The number of hydrogen-bond acceptors (Lipinski definition) is 2. The van der Waals surface area contributed by atoms with Gasteiger partial charge >= 0.3 is 5.69 Å². The van der Waals surface area contributed by atoms with Gasteiger partial charge in [0, 0.05) is 12.3 Å². The van der Waals surface area contributed by atoms with Crippen LogP contribution in [0, 0.1) is 0 Å². The minimum absolute atomic E-state index is 0. The number of hydrogen-bond donors (Lipinski definition) is 2. The van der Waals surface area contributed by atoms with Gasteiger partial charge in [0.2, 0.25) is 0 Å². The zero-order chi connectivity index (χ0) is 5.98. The van der Waals surface area contributed by atoms with Gasteiger partial charge in [-0.15, -0.1) is 0 Å². The van der Waals surface area contributed by atoms with Crippen molar-refractivity contribution in [1.82, 2.24) is 9.97 Å². The molecule has 0 aliphatic heterocycles. The van der Waals surface area contributed by atoms with Crippen LogP contribution in [0.5, 0.6) is 0 Å². The molecule has 50 valence electrons. The molecule has 2 N–H and O–H groups in total. The summed E-state index contributed by atoms with van der Waals surface area (Å²) in [5.41, 5.74) is -0.855. The summed E-state index contributed by atoms with van der Waals surface area (Å²) < 4.78 is 0. The molecule has 0 aromatic carbocycles. The summed E-state index contributed by atoms with van der Waals surface area (Å²) >= 11 is 0. The molecule has 1 rings (SSSR count). The molecule has 1 aromatic heterocycles. The first-order chi connectivity index (χ1) is 3.79. The van der Waals surface area contributed by atoms with E-state index < -0.39 is 5.69 Å². The summed E-state index contributed by atoms with van der Waals surface area (Å²) in [6.07, 6.45) is 1.29. The number of aromatic nitrogens is 2. The van der Waals surface area contributed by atoms with Crippen LogP contribution in [0.3, 0.4) is 0 Å². The summed E-state index contributed by atoms with van der Waals surface area (Å²) in [7, 11) is 0. The molecule has 4 nitrogen and oxygen atoms in total. The average molecular weight is 146 g/mol. The Morgan fingerprint density at radius 2 is 2.00 bits per heavy atom. The molecule has 1 unspecified atom stereocenters. The van der Waals surface area contributed by atoms with Crippen LogP contribution in [-0.2, 0) is 0 Å². The van der Waals surface area contributed by atoms with Crippen molar-refractivity contribution in [3.8, 4) is 0 Å². The van der Waals surface area contributed by atoms with E-state index in [1.54, 1.807) is 0 Å². The summed E-state index contributed by atoms with van der Waals surface area (Å²) in [5, 5.41) is 0. The van der Waals surface area contributed by atoms with E-state index >= 15 is 0 Å². The van der Waals surface area contributed by atoms with Gasteiger partial charge < -0.3 is 4.98 Å². The number of nitrogens with one attached hydrogen (secondary N) is 2. The number of H-pyrrole nitrogens is 2. The van der Waals surface area contributed by atoms with E-state index in [9.17, 15) is 9.59 Å². The van der Waals surface area contributed by atoms with Gasteiger partial charge in [0.05, 0.1) is 0 Å². The lowest BCUT2D eigenvalue weighted by Gasteiger charge is -1.75. The third-order valence-electron chi connectivity index (χ3n) is 0.686. The van der Waals surface area contributed by atoms with Gasteiger partial charge in [0.15, 0.2) is 0 Å². The number of aromatic amines is 2. The molecule has 1 aromatic rings. The summed E-state index contributed by atoms with van der Waals surface area (Å²) in [5.74, 6) is 0. The minimum atomic E-state index is -0.475. The molecule has 1 atom stereocenters. The van der Waals surface area contributed by atoms with Crippen LogP contribution in [0.2, 0.25) is 0 Å². The molecule has 0 aliphatic carbocycles. The monoisotopic (exact) mass is 146 g/mol. The fraction of sp³-hybridized carbons (Fsp3) is 0. The molecular formula is C4H7N2O2P. The standard InChI is InChI=1S/C4H4N2O2.H3P/c7-3-1-2-5-4(8)6-3;/h1-2H,(H2,5,6,7,8);1H3. The van der Waals surface area contributed by atoms with Gasteiger partial charge in [-0.2, -0.15) is 9.90 Å². The second-order valence-electron chi connectivity index (χ2n) is 1.30. The van der Waals surface area contributed by atoms with Gasteiger partial charge in [0.1, 0.15) is 0 Å². The Morgan fingerprint density at radius 3 is 2.33 bits per heavy atom. The Labute approximate surface area is 53.9 Å². The van der Waals surface area contributed by atoms with E-state index in [-0.39, 0.29) is 15.5 Å². The lowest BCUT2D eigenvalue weighted by Crippen LogP contribution is -2.19. The molecule has 5 heteroatoms. The molecule has 0 spiro atoms. The first-order valence-corrected chi connectivity index (χ1v) is 2.07. The molecule has 0 amide bonds. The maximum absolute atomic E-state index is 10.2. The molecule has 0 saturated carbocycles. The Bertz CT molecular complexity index is 251. The lowest BCUT2D eigenvalue weighted by atomic mass is 10.7. The molecular weight excluding hydrogens is 139 g/mol. The Balaban J connectivity index is 0.000000640. The summed E-state index contributed by atoms with van der Waals surface area (Å²) in [6.45, 7) is 0. The summed E-state index contributed by atoms with van der Waals surface area (Å²) in [6, 6.07) is 1.24. The third-order valence-corrected chi connectivity index (χ3v) is 0.686. The highest BCUT2D eigenvalue weighted by molar-refractivity contribution is 6.92. The zero-order valence-electron chi connectivity index (χ0n) is 4.68. The van der Waals surface area contributed by atoms with Crippen LogP contribution in [0.4, 0.5) is 0 Å². The maximum atomic E-state index is 10.2. The van der Waals surface area contributed by atoms with E-state index in [1.807, 2.05) is 4.98 Å². The van der Waals surface area contributed by atoms with Crippen molar-refractivity contribution in [2.24, 2.45) is 0 Å². The van der Waals surface area contributed by atoms with E-state index in [0.29, 0.717) is 0 Å². The molecule has 1 heterocycles. The topological polar surface area (TPSA) is 65.7 Å². The Kier molecular flexibility index (Phi) is 2.88. The van der Waals surface area contributed by atoms with Crippen LogP contribution < -0.4 is 11.2 Å². The molecule has 9 heavy (non-hydrogen) atoms. The van der Waals surface area contributed by atoms with E-state index in [4.69, 9.17) is 0 Å². The van der Waals surface area contributed by atoms with E-state index in [1.165, 1.54) is 12.3 Å². The van der Waals surface area contributed by atoms with Crippen molar-refractivity contribution in [3.05, 3.63) is 33.1 Å². The first kappa shape index (κ1) is 8.11. The Morgan fingerprint density at radius 1 is 1.33 bits per heavy atom. The highest BCUT2D eigenvalue weighted by Crippen LogP contribution is 1.51. The van der Waals surface area contributed by atoms with Crippen LogP contribution in [0.15, 0.2) is 21.9 Å². The van der Waals surface area contributed by atoms with Crippen molar-refractivity contribution >= 4 is 9.90 Å². The predicted molar refractivity (Wildman–Crippen MR) is 38.8 cm³/mol. The SMILES string of the molecule is O=c1cc[nH]c(=O)[nH]1.P. The molecule has 0 bridgehead atoms. The first-order valence-electron chi connectivity index (χ1n) is 2.07. The predicted octanol–water partition coefficient (Wildman–Crippen LogP) is -0.879. The number of rotatable bonds is 0. The molecule has 0 aliphatic rings. The van der Waals surface area contributed by atoms with Crippen molar-refractivity contribution < 1.29 is 0 Å². The fourth-order valence-electron chi connectivity index (χ4n) is 0.383. The maximum Gasteiger partial charge on any atom is 0.325 e. The normalized spacial score (nSPS) is 8.00. The zero-order valence-corrected chi connectivity index (χ0v) is 6.09. The second-order valence-corrected chi connectivity index (χ2v) is 1.30. The smallest absolute Gasteiger partial charge is 0.314 e.